The molecule has 2 heterocycles. The van der Waals surface area contributed by atoms with E-state index in [-0.39, 0.29) is 32.7 Å². The summed E-state index contributed by atoms with van der Waals surface area (Å²) < 4.78 is 18.0. The summed E-state index contributed by atoms with van der Waals surface area (Å²) in [4.78, 5) is 12.7. The number of nitrogens with two attached hydrogens (primary N) is 4. The number of nitrogens with zero attached hydrogens (tertiary/aromatic N) is 1. The molecule has 1 saturated carbocycles. The normalized spacial score (nSPS) is 39.6. The van der Waals surface area contributed by atoms with E-state index in [9.17, 15) is 25.3 Å². The zero-order valence-electron chi connectivity index (χ0n) is 24.2. The fraction of sp³-hybridized carbons (Fsp3) is 0.880. The standard InChI is InChI=1S/C25H50N8O9/c1-25(38)11-40-23(19(36)22(25)30-2)42-21-16(32-24(37)33(39)6-5-26)7-15(29)17(18(21)35)20-14(28)4-3-13(41-20)9-31-8-12(27)10-34/h3,12,14-23,30-31,34-36,38-39H,4-11,26-29H2,1-2H3,(H,32,37). The number of carbonyl (C=O) groups is 1. The smallest absolute Gasteiger partial charge is 0.341 e. The Balaban J connectivity index is 1.82. The van der Waals surface area contributed by atoms with Crippen molar-refractivity contribution >= 4 is 6.03 Å². The molecule has 17 nitrogen and oxygen atoms in total. The van der Waals surface area contributed by atoms with Crippen LogP contribution in [0.4, 0.5) is 4.79 Å². The molecular formula is C25H50N8O9. The minimum Gasteiger partial charge on any atom is -0.492 e. The van der Waals surface area contributed by atoms with Gasteiger partial charge in [0.15, 0.2) is 6.29 Å². The van der Waals surface area contributed by atoms with Crippen LogP contribution in [0.2, 0.25) is 0 Å². The van der Waals surface area contributed by atoms with Gasteiger partial charge in [-0.15, -0.1) is 0 Å². The predicted molar refractivity (Wildman–Crippen MR) is 150 cm³/mol. The summed E-state index contributed by atoms with van der Waals surface area (Å²) in [6.07, 6.45) is -3.55. The van der Waals surface area contributed by atoms with Crippen molar-refractivity contribution in [1.29, 1.82) is 0 Å². The topological polar surface area (TPSA) is 289 Å². The number of amides is 2. The van der Waals surface area contributed by atoms with Gasteiger partial charge in [0.05, 0.1) is 44.5 Å². The number of rotatable bonds is 12. The van der Waals surface area contributed by atoms with E-state index in [1.165, 1.54) is 6.92 Å². The molecule has 17 heteroatoms. The number of ether oxygens (including phenoxy) is 3. The summed E-state index contributed by atoms with van der Waals surface area (Å²) in [5.74, 6) is -0.193. The first-order valence-electron chi connectivity index (χ1n) is 14.3. The highest BCUT2D eigenvalue weighted by atomic mass is 16.7. The number of carbonyl (C=O) groups excluding carboxylic acids is 1. The SMILES string of the molecule is CNC1C(O)C(OC2C(NC(=O)N(O)CCN)CC(N)C(C3OC(CNCC(N)CO)=CCC3N)C2O)OCC1(C)O. The Labute approximate surface area is 245 Å². The maximum absolute atomic E-state index is 12.7. The molecule has 0 aromatic rings. The van der Waals surface area contributed by atoms with Crippen molar-refractivity contribution in [3.8, 4) is 0 Å². The monoisotopic (exact) mass is 606 g/mol. The van der Waals surface area contributed by atoms with Crippen molar-refractivity contribution in [2.24, 2.45) is 28.9 Å². The molecule has 0 radical (unpaired) electrons. The molecule has 0 aromatic carbocycles. The zero-order chi connectivity index (χ0) is 31.2. The second kappa shape index (κ2) is 15.3. The van der Waals surface area contributed by atoms with E-state index in [0.717, 1.165) is 0 Å². The summed E-state index contributed by atoms with van der Waals surface area (Å²) in [7, 11) is 1.57. The molecule has 3 aliphatic rings. The highest BCUT2D eigenvalue weighted by molar-refractivity contribution is 5.73. The molecule has 1 aliphatic carbocycles. The second-order valence-corrected chi connectivity index (χ2v) is 11.6. The van der Waals surface area contributed by atoms with Crippen molar-refractivity contribution in [1.82, 2.24) is 21.0 Å². The lowest BCUT2D eigenvalue weighted by atomic mass is 9.72. The van der Waals surface area contributed by atoms with Crippen LogP contribution >= 0.6 is 0 Å². The van der Waals surface area contributed by atoms with Gasteiger partial charge in [0, 0.05) is 37.1 Å². The van der Waals surface area contributed by atoms with Crippen LogP contribution in [0.1, 0.15) is 19.8 Å². The first-order valence-corrected chi connectivity index (χ1v) is 14.3. The average Bonchev–Trinajstić information content (AvgIpc) is 2.93. The molecule has 2 amide bonds. The van der Waals surface area contributed by atoms with Crippen molar-refractivity contribution in [3.63, 3.8) is 0 Å². The minimum absolute atomic E-state index is 0.0136. The van der Waals surface area contributed by atoms with Gasteiger partial charge in [-0.25, -0.2) is 9.86 Å². The van der Waals surface area contributed by atoms with Gasteiger partial charge in [0.25, 0.3) is 0 Å². The van der Waals surface area contributed by atoms with E-state index in [2.05, 4.69) is 16.0 Å². The van der Waals surface area contributed by atoms with Gasteiger partial charge in [-0.1, -0.05) is 0 Å². The number of urea groups is 1. The van der Waals surface area contributed by atoms with Crippen molar-refractivity contribution in [2.45, 2.75) is 86.3 Å². The Bertz CT molecular complexity index is 902. The molecule has 2 fully saturated rings. The number of hydroxylamine groups is 2. The Kier molecular flexibility index (Phi) is 12.7. The fourth-order valence-electron chi connectivity index (χ4n) is 5.86. The number of aliphatic hydroxyl groups is 4. The summed E-state index contributed by atoms with van der Waals surface area (Å²) in [5, 5.41) is 61.6. The molecule has 0 spiro atoms. The first-order chi connectivity index (χ1) is 19.8. The van der Waals surface area contributed by atoms with Gasteiger partial charge in [-0.3, -0.25) is 5.21 Å². The van der Waals surface area contributed by atoms with Gasteiger partial charge < -0.3 is 73.5 Å². The average molecular weight is 607 g/mol. The quantitative estimate of drug-likeness (QED) is 0.0730. The lowest BCUT2D eigenvalue weighted by Gasteiger charge is -2.50. The molecule has 244 valence electrons. The first kappa shape index (κ1) is 34.8. The van der Waals surface area contributed by atoms with Crippen molar-refractivity contribution < 1.29 is 44.6 Å². The number of aliphatic hydroxyl groups excluding tert-OH is 3. The van der Waals surface area contributed by atoms with Crippen LogP contribution < -0.4 is 38.9 Å². The van der Waals surface area contributed by atoms with Gasteiger partial charge in [-0.2, -0.15) is 0 Å². The maximum atomic E-state index is 12.7. The molecule has 12 atom stereocenters. The largest absolute Gasteiger partial charge is 0.492 e. The Morgan fingerprint density at radius 2 is 2.00 bits per heavy atom. The van der Waals surface area contributed by atoms with Gasteiger partial charge in [0.2, 0.25) is 0 Å². The third-order valence-corrected chi connectivity index (χ3v) is 8.11. The van der Waals surface area contributed by atoms with E-state index in [4.69, 9.17) is 42.3 Å². The molecule has 42 heavy (non-hydrogen) atoms. The molecule has 0 bridgehead atoms. The number of nitrogens with one attached hydrogen (secondary N) is 3. The van der Waals surface area contributed by atoms with Crippen LogP contribution in [0, 0.1) is 5.92 Å². The third kappa shape index (κ3) is 8.26. The van der Waals surface area contributed by atoms with Crippen molar-refractivity contribution in [3.05, 3.63) is 11.8 Å². The minimum atomic E-state index is -1.40. The van der Waals surface area contributed by atoms with Crippen LogP contribution in [0.3, 0.4) is 0 Å². The third-order valence-electron chi connectivity index (χ3n) is 8.11. The molecule has 1 saturated heterocycles. The van der Waals surface area contributed by atoms with E-state index in [0.29, 0.717) is 30.3 Å². The Morgan fingerprint density at radius 1 is 1.29 bits per heavy atom. The molecule has 2 aliphatic heterocycles. The van der Waals surface area contributed by atoms with E-state index in [1.807, 2.05) is 6.08 Å². The summed E-state index contributed by atoms with van der Waals surface area (Å²) in [6.45, 7) is 1.70. The van der Waals surface area contributed by atoms with Gasteiger partial charge in [-0.05, 0) is 32.9 Å². The summed E-state index contributed by atoms with van der Waals surface area (Å²) in [6, 6.07) is -4.30. The molecule has 0 aromatic heterocycles. The zero-order valence-corrected chi connectivity index (χ0v) is 24.2. The van der Waals surface area contributed by atoms with Crippen LogP contribution in [0.15, 0.2) is 11.8 Å². The van der Waals surface area contributed by atoms with Crippen LogP contribution in [0.25, 0.3) is 0 Å². The predicted octanol–water partition coefficient (Wildman–Crippen LogP) is -5.23. The molecule has 12 unspecified atom stereocenters. The van der Waals surface area contributed by atoms with E-state index in [1.54, 1.807) is 7.05 Å². The van der Waals surface area contributed by atoms with Crippen LogP contribution in [-0.4, -0.2) is 150 Å². The van der Waals surface area contributed by atoms with Crippen LogP contribution in [0.5, 0.6) is 0 Å². The lowest BCUT2D eigenvalue weighted by molar-refractivity contribution is -0.297. The highest BCUT2D eigenvalue weighted by Crippen LogP contribution is 2.36. The Morgan fingerprint density at radius 3 is 2.64 bits per heavy atom. The van der Waals surface area contributed by atoms with Crippen LogP contribution in [-0.2, 0) is 14.2 Å². The fourth-order valence-corrected chi connectivity index (χ4v) is 5.86. The lowest BCUT2D eigenvalue weighted by Crippen LogP contribution is -2.69. The second-order valence-electron chi connectivity index (χ2n) is 11.6. The highest BCUT2D eigenvalue weighted by Gasteiger charge is 2.53. The van der Waals surface area contributed by atoms with E-state index < -0.39 is 78.5 Å². The van der Waals surface area contributed by atoms with Crippen molar-refractivity contribution in [2.75, 3.05) is 46.4 Å². The number of hydrogen-bond donors (Lipinski definition) is 12. The molecule has 16 N–H and O–H groups in total. The Hall–Kier alpha value is -1.71. The van der Waals surface area contributed by atoms with E-state index >= 15 is 0 Å². The number of hydrogen-bond acceptors (Lipinski definition) is 15. The van der Waals surface area contributed by atoms with Gasteiger partial charge in [0.1, 0.15) is 29.7 Å². The maximum Gasteiger partial charge on any atom is 0.341 e. The molecular weight excluding hydrogens is 556 g/mol. The number of likely N-dealkylation sites (N-methyl/N-ethyl adjacent to an activating group) is 1. The summed E-state index contributed by atoms with van der Waals surface area (Å²) in [5.41, 5.74) is 22.8. The van der Waals surface area contributed by atoms with Gasteiger partial charge >= 0.3 is 6.03 Å². The molecule has 3 rings (SSSR count). The summed E-state index contributed by atoms with van der Waals surface area (Å²) >= 11 is 0.